The third kappa shape index (κ3) is 6.09. The molecule has 4 aromatic rings. The summed E-state index contributed by atoms with van der Waals surface area (Å²) in [4.78, 5) is 19.0. The maximum absolute atomic E-state index is 12.3. The molecular formula is C29H30N2O4. The molecule has 4 rings (SSSR count). The van der Waals surface area contributed by atoms with Crippen molar-refractivity contribution in [3.63, 3.8) is 0 Å². The average molecular weight is 471 g/mol. The topological polar surface area (TPSA) is 64.8 Å². The van der Waals surface area contributed by atoms with Crippen molar-refractivity contribution in [2.75, 3.05) is 25.2 Å². The fraction of sp³-hybridized carbons (Fsp3) is 0.241. The lowest BCUT2D eigenvalue weighted by Gasteiger charge is -2.21. The van der Waals surface area contributed by atoms with Crippen molar-refractivity contribution in [2.24, 2.45) is 0 Å². The molecule has 0 bridgehead atoms. The number of ether oxygens (including phenoxy) is 2. The van der Waals surface area contributed by atoms with E-state index in [4.69, 9.17) is 13.9 Å². The number of hydrogen-bond acceptors (Lipinski definition) is 6. The average Bonchev–Trinajstić information content (AvgIpc) is 3.26. The summed E-state index contributed by atoms with van der Waals surface area (Å²) in [5.41, 5.74) is 4.41. The van der Waals surface area contributed by atoms with Gasteiger partial charge in [-0.3, -0.25) is 0 Å². The molecule has 0 saturated heterocycles. The zero-order valence-corrected chi connectivity index (χ0v) is 20.4. The van der Waals surface area contributed by atoms with Crippen molar-refractivity contribution in [2.45, 2.75) is 26.8 Å². The Morgan fingerprint density at radius 3 is 2.43 bits per heavy atom. The predicted octanol–water partition coefficient (Wildman–Crippen LogP) is 6.08. The second-order valence-corrected chi connectivity index (χ2v) is 8.21. The molecule has 6 heteroatoms. The van der Waals surface area contributed by atoms with E-state index in [-0.39, 0.29) is 5.97 Å². The van der Waals surface area contributed by atoms with Crippen LogP contribution in [-0.4, -0.2) is 31.2 Å². The first kappa shape index (κ1) is 24.1. The van der Waals surface area contributed by atoms with Crippen LogP contribution in [0.15, 0.2) is 83.3 Å². The number of benzene rings is 3. The number of esters is 1. The summed E-state index contributed by atoms with van der Waals surface area (Å²) >= 11 is 0. The summed E-state index contributed by atoms with van der Waals surface area (Å²) in [5.74, 6) is 1.94. The number of rotatable bonds is 10. The Morgan fingerprint density at radius 2 is 1.69 bits per heavy atom. The van der Waals surface area contributed by atoms with Crippen LogP contribution in [0.2, 0.25) is 0 Å². The van der Waals surface area contributed by atoms with Crippen LogP contribution in [0.4, 0.5) is 5.69 Å². The zero-order chi connectivity index (χ0) is 24.6. The van der Waals surface area contributed by atoms with Gasteiger partial charge in [0.25, 0.3) is 0 Å². The maximum atomic E-state index is 12.3. The van der Waals surface area contributed by atoms with E-state index in [1.807, 2.05) is 93.7 Å². The van der Waals surface area contributed by atoms with Gasteiger partial charge in [0.05, 0.1) is 24.5 Å². The highest BCUT2D eigenvalue weighted by Gasteiger charge is 2.14. The number of nitrogens with zero attached hydrogens (tertiary/aromatic N) is 2. The second-order valence-electron chi connectivity index (χ2n) is 8.21. The maximum Gasteiger partial charge on any atom is 0.338 e. The molecule has 0 fully saturated rings. The van der Waals surface area contributed by atoms with Gasteiger partial charge in [0.2, 0.25) is 5.89 Å². The number of carbonyl (C=O) groups is 1. The van der Waals surface area contributed by atoms with E-state index < -0.39 is 0 Å². The van der Waals surface area contributed by atoms with Gasteiger partial charge >= 0.3 is 5.97 Å². The van der Waals surface area contributed by atoms with E-state index in [2.05, 4.69) is 9.88 Å². The molecule has 3 aromatic carbocycles. The van der Waals surface area contributed by atoms with Crippen molar-refractivity contribution >= 4 is 11.7 Å². The van der Waals surface area contributed by atoms with Gasteiger partial charge in [0.1, 0.15) is 11.5 Å². The van der Waals surface area contributed by atoms with Gasteiger partial charge in [-0.25, -0.2) is 9.78 Å². The molecule has 0 aliphatic rings. The molecule has 180 valence electrons. The molecule has 0 unspecified atom stereocenters. The first-order valence-electron chi connectivity index (χ1n) is 11.8. The van der Waals surface area contributed by atoms with Gasteiger partial charge in [-0.1, -0.05) is 36.4 Å². The molecule has 0 radical (unpaired) electrons. The van der Waals surface area contributed by atoms with Gasteiger partial charge in [-0.15, -0.1) is 0 Å². The lowest BCUT2D eigenvalue weighted by Crippen LogP contribution is -2.19. The fourth-order valence-corrected chi connectivity index (χ4v) is 3.84. The number of carbonyl (C=O) groups excluding carboxylic acids is 1. The van der Waals surface area contributed by atoms with Crippen molar-refractivity contribution in [3.05, 3.63) is 101 Å². The van der Waals surface area contributed by atoms with Crippen LogP contribution >= 0.6 is 0 Å². The minimum atomic E-state index is -0.293. The quantitative estimate of drug-likeness (QED) is 0.262. The largest absolute Gasteiger partial charge is 0.493 e. The first-order valence-corrected chi connectivity index (χ1v) is 11.8. The van der Waals surface area contributed by atoms with Crippen molar-refractivity contribution in [1.29, 1.82) is 0 Å². The number of aromatic nitrogens is 1. The molecular weight excluding hydrogens is 440 g/mol. The molecule has 0 N–H and O–H groups in total. The van der Waals surface area contributed by atoms with Gasteiger partial charge in [-0.05, 0) is 61.9 Å². The van der Waals surface area contributed by atoms with Gasteiger partial charge in [-0.2, -0.15) is 0 Å². The Balaban J connectivity index is 1.33. The Labute approximate surface area is 206 Å². The van der Waals surface area contributed by atoms with Crippen LogP contribution in [-0.2, 0) is 17.7 Å². The summed E-state index contributed by atoms with van der Waals surface area (Å²) in [5, 5.41) is 0. The SMILES string of the molecule is CCOC(=O)c1ccccc1CN(C)c1ccc(OCCc2nc(-c3ccccc3)oc2C)cc1. The Morgan fingerprint density at radius 1 is 0.971 bits per heavy atom. The highest BCUT2D eigenvalue weighted by Crippen LogP contribution is 2.24. The Bertz CT molecular complexity index is 1250. The van der Waals surface area contributed by atoms with Crippen molar-refractivity contribution in [1.82, 2.24) is 4.98 Å². The monoisotopic (exact) mass is 470 g/mol. The van der Waals surface area contributed by atoms with E-state index in [9.17, 15) is 4.79 Å². The van der Waals surface area contributed by atoms with Gasteiger partial charge in [0.15, 0.2) is 0 Å². The number of hydrogen-bond donors (Lipinski definition) is 0. The highest BCUT2D eigenvalue weighted by molar-refractivity contribution is 5.91. The van der Waals surface area contributed by atoms with Crippen LogP contribution in [0.1, 0.15) is 34.3 Å². The van der Waals surface area contributed by atoms with E-state index in [1.54, 1.807) is 6.07 Å². The molecule has 0 spiro atoms. The third-order valence-electron chi connectivity index (χ3n) is 5.72. The molecule has 0 amide bonds. The van der Waals surface area contributed by atoms with E-state index >= 15 is 0 Å². The fourth-order valence-electron chi connectivity index (χ4n) is 3.84. The summed E-state index contributed by atoms with van der Waals surface area (Å²) < 4.78 is 17.0. The minimum absolute atomic E-state index is 0.293. The summed E-state index contributed by atoms with van der Waals surface area (Å²) in [6, 6.07) is 25.4. The van der Waals surface area contributed by atoms with Gasteiger partial charge in [0, 0.05) is 31.3 Å². The van der Waals surface area contributed by atoms with E-state index in [1.165, 1.54) is 0 Å². The van der Waals surface area contributed by atoms with Crippen LogP contribution in [0, 0.1) is 6.92 Å². The smallest absolute Gasteiger partial charge is 0.338 e. The summed E-state index contributed by atoms with van der Waals surface area (Å²) in [6.45, 7) is 5.19. The molecule has 0 atom stereocenters. The van der Waals surface area contributed by atoms with Crippen molar-refractivity contribution in [3.8, 4) is 17.2 Å². The summed E-state index contributed by atoms with van der Waals surface area (Å²) in [7, 11) is 2.00. The van der Waals surface area contributed by atoms with E-state index in [0.29, 0.717) is 37.6 Å². The molecule has 0 saturated carbocycles. The molecule has 0 aliphatic heterocycles. The molecule has 1 aromatic heterocycles. The highest BCUT2D eigenvalue weighted by atomic mass is 16.5. The predicted molar refractivity (Wildman–Crippen MR) is 137 cm³/mol. The molecule has 35 heavy (non-hydrogen) atoms. The Hall–Kier alpha value is -4.06. The number of oxazole rings is 1. The molecule has 6 nitrogen and oxygen atoms in total. The van der Waals surface area contributed by atoms with Gasteiger partial charge < -0.3 is 18.8 Å². The summed E-state index contributed by atoms with van der Waals surface area (Å²) in [6.07, 6.45) is 0.661. The molecule has 0 aliphatic carbocycles. The first-order chi connectivity index (χ1) is 17.0. The molecule has 1 heterocycles. The normalized spacial score (nSPS) is 10.7. The second kappa shape index (κ2) is 11.4. The van der Waals surface area contributed by atoms with Crippen molar-refractivity contribution < 1.29 is 18.7 Å². The van der Waals surface area contributed by atoms with Crippen LogP contribution in [0.25, 0.3) is 11.5 Å². The lowest BCUT2D eigenvalue weighted by atomic mass is 10.1. The van der Waals surface area contributed by atoms with Crippen LogP contribution in [0.3, 0.4) is 0 Å². The number of aryl methyl sites for hydroxylation is 1. The lowest BCUT2D eigenvalue weighted by molar-refractivity contribution is 0.0525. The third-order valence-corrected chi connectivity index (χ3v) is 5.72. The van der Waals surface area contributed by atoms with Crippen LogP contribution in [0.5, 0.6) is 5.75 Å². The zero-order valence-electron chi connectivity index (χ0n) is 20.4. The standard InChI is InChI=1S/C29H30N2O4/c1-4-33-29(32)26-13-9-8-12-23(26)20-31(3)24-14-16-25(17-15-24)34-19-18-27-21(2)35-28(30-27)22-10-6-5-7-11-22/h5-17H,4,18-20H2,1-3H3. The Kier molecular flexibility index (Phi) is 7.83. The number of anilines is 1. The van der Waals surface area contributed by atoms with Crippen LogP contribution < -0.4 is 9.64 Å². The van der Waals surface area contributed by atoms with E-state index in [0.717, 1.165) is 34.0 Å². The minimum Gasteiger partial charge on any atom is -0.493 e.